The zero-order valence-electron chi connectivity index (χ0n) is 37.1. The van der Waals surface area contributed by atoms with Crippen molar-refractivity contribution in [3.63, 3.8) is 0 Å². The van der Waals surface area contributed by atoms with Gasteiger partial charge in [0.25, 0.3) is 0 Å². The third-order valence-corrected chi connectivity index (χ3v) is 26.5. The molecule has 1 aliphatic heterocycles. The van der Waals surface area contributed by atoms with Crippen molar-refractivity contribution in [1.29, 1.82) is 0 Å². The van der Waals surface area contributed by atoms with Crippen LogP contribution in [-0.4, -0.2) is 82.5 Å². The van der Waals surface area contributed by atoms with Crippen LogP contribution in [0.4, 0.5) is 11.5 Å². The fourth-order valence-electron chi connectivity index (χ4n) is 6.26. The van der Waals surface area contributed by atoms with Gasteiger partial charge in [0.2, 0.25) is 0 Å². The van der Waals surface area contributed by atoms with Crippen molar-refractivity contribution in [2.45, 2.75) is 155 Å². The molecule has 0 bridgehead atoms. The maximum Gasteiger partial charge on any atom is 0.347 e. The Kier molecular flexibility index (Phi) is 12.1. The lowest BCUT2D eigenvalue weighted by Crippen LogP contribution is -2.54. The molecule has 15 heteroatoms. The van der Waals surface area contributed by atoms with Gasteiger partial charge in [-0.1, -0.05) is 62.3 Å². The summed E-state index contributed by atoms with van der Waals surface area (Å²) >= 11 is 0. The fraction of sp³-hybridized carbons (Fsp3) is 0.659. The number of fused-ring (bicyclic) bond motifs is 2. The van der Waals surface area contributed by atoms with E-state index in [0.717, 1.165) is 24.2 Å². The van der Waals surface area contributed by atoms with Gasteiger partial charge in [-0.2, -0.15) is 0 Å². The number of benzene rings is 1. The Bertz CT molecular complexity index is 2090. The third kappa shape index (κ3) is 8.45. The second-order valence-corrected chi connectivity index (χ2v) is 34.2. The minimum Gasteiger partial charge on any atom is -0.422 e. The van der Waals surface area contributed by atoms with Gasteiger partial charge in [0.1, 0.15) is 35.8 Å². The molecule has 0 amide bonds. The first-order valence-electron chi connectivity index (χ1n) is 20.1. The molecule has 310 valence electrons. The number of imidazole rings is 1. The predicted octanol–water partition coefficient (Wildman–Crippen LogP) is 9.73. The van der Waals surface area contributed by atoms with Crippen LogP contribution < -0.4 is 16.3 Å². The smallest absolute Gasteiger partial charge is 0.347 e. The van der Waals surface area contributed by atoms with Crippen LogP contribution in [0.25, 0.3) is 33.5 Å². The van der Waals surface area contributed by atoms with Gasteiger partial charge < -0.3 is 33.1 Å². The molecule has 1 saturated heterocycles. The first-order chi connectivity index (χ1) is 25.6. The molecule has 0 saturated carbocycles. The molecule has 0 radical (unpaired) electrons. The van der Waals surface area contributed by atoms with E-state index >= 15 is 0 Å². The van der Waals surface area contributed by atoms with Gasteiger partial charge in [-0.25, -0.2) is 19.7 Å². The van der Waals surface area contributed by atoms with E-state index in [4.69, 9.17) is 38.1 Å². The maximum atomic E-state index is 14.2. The molecule has 0 unspecified atom stereocenters. The molecule has 3 aromatic heterocycles. The lowest BCUT2D eigenvalue weighted by atomic mass is 10.1. The summed E-state index contributed by atoms with van der Waals surface area (Å²) in [6.45, 7) is 39.8. The van der Waals surface area contributed by atoms with Crippen molar-refractivity contribution in [1.82, 2.24) is 19.5 Å². The average molecular weight is 825 g/mol. The maximum absolute atomic E-state index is 14.2. The zero-order chi connectivity index (χ0) is 42.0. The standard InChI is InChI=1S/C41H68N6O6Si3/c1-18-46(19-2)27-21-20-26-22-28(38(48)51-29(26)23-27)35-45-31-34(42)43-25-44-36(31)47(35)37-33(53-56(16,17)41(9,10)11)32(52-55(14,15)40(6,7)8)30(50-37)24-49-54(12,13)39(3,4)5/h20-23,25,30,32-33,37H,18-19,24H2,1-17H3,(H2,42,43,44)/t30-,32-,33-,37-/m1/s1. The van der Waals surface area contributed by atoms with Gasteiger partial charge in [0, 0.05) is 30.2 Å². The van der Waals surface area contributed by atoms with Crippen molar-refractivity contribution in [3.05, 3.63) is 41.0 Å². The first kappa shape index (κ1) is 44.2. The highest BCUT2D eigenvalue weighted by Crippen LogP contribution is 2.48. The monoisotopic (exact) mass is 824 g/mol. The first-order valence-corrected chi connectivity index (χ1v) is 28.8. The number of ether oxygens (including phenoxy) is 1. The van der Waals surface area contributed by atoms with E-state index in [2.05, 4.69) is 125 Å². The third-order valence-electron chi connectivity index (χ3n) is 13.0. The van der Waals surface area contributed by atoms with E-state index in [1.54, 1.807) is 0 Å². The topological polar surface area (TPSA) is 140 Å². The molecule has 2 N–H and O–H groups in total. The van der Waals surface area contributed by atoms with E-state index in [0.29, 0.717) is 29.2 Å². The highest BCUT2D eigenvalue weighted by Gasteiger charge is 2.55. The Morgan fingerprint density at radius 1 is 0.821 bits per heavy atom. The highest BCUT2D eigenvalue weighted by atomic mass is 28.4. The van der Waals surface area contributed by atoms with Crippen LogP contribution in [-0.2, 0) is 18.0 Å². The molecular weight excluding hydrogens is 757 g/mol. The normalized spacial score (nSPS) is 20.4. The Balaban J connectivity index is 1.77. The highest BCUT2D eigenvalue weighted by molar-refractivity contribution is 6.75. The van der Waals surface area contributed by atoms with Crippen molar-refractivity contribution < 1.29 is 22.4 Å². The predicted molar refractivity (Wildman–Crippen MR) is 236 cm³/mol. The molecule has 56 heavy (non-hydrogen) atoms. The van der Waals surface area contributed by atoms with Crippen molar-refractivity contribution >= 4 is 58.6 Å². The molecule has 4 atom stereocenters. The molecule has 4 heterocycles. The SMILES string of the molecule is CCN(CC)c1ccc2cc(-c3nc4c(N)ncnc4n3[C@@H]3O[C@H](CO[Si](C)(C)C(C)(C)C)[C@@H](O[Si](C)(C)C(C)(C)C)[C@H]3O[Si](C)(C)C(C)(C)C)c(=O)oc2c1. The quantitative estimate of drug-likeness (QED) is 0.108. The number of nitrogen functional groups attached to an aromatic ring is 1. The van der Waals surface area contributed by atoms with Crippen LogP contribution in [0.2, 0.25) is 54.4 Å². The molecular formula is C41H68N6O6Si3. The van der Waals surface area contributed by atoms with Crippen LogP contribution in [0.15, 0.2) is 39.8 Å². The summed E-state index contributed by atoms with van der Waals surface area (Å²) in [5.74, 6) is 0.498. The van der Waals surface area contributed by atoms with E-state index in [1.165, 1.54) is 6.33 Å². The van der Waals surface area contributed by atoms with E-state index < -0.39 is 55.1 Å². The van der Waals surface area contributed by atoms with E-state index in [1.807, 2.05) is 28.8 Å². The lowest BCUT2D eigenvalue weighted by molar-refractivity contribution is -0.0462. The summed E-state index contributed by atoms with van der Waals surface area (Å²) in [6.07, 6.45) is -1.03. The van der Waals surface area contributed by atoms with Gasteiger partial charge in [0.15, 0.2) is 54.0 Å². The van der Waals surface area contributed by atoms with Crippen molar-refractivity contribution in [2.75, 3.05) is 30.3 Å². The van der Waals surface area contributed by atoms with Gasteiger partial charge in [-0.05, 0) is 86.4 Å². The second kappa shape index (κ2) is 15.3. The van der Waals surface area contributed by atoms with Crippen LogP contribution in [0.1, 0.15) is 82.4 Å². The summed E-state index contributed by atoms with van der Waals surface area (Å²) in [5, 5.41) is 0.511. The molecule has 1 fully saturated rings. The number of nitrogens with two attached hydrogens (primary N) is 1. The lowest BCUT2D eigenvalue weighted by Gasteiger charge is -2.44. The van der Waals surface area contributed by atoms with Gasteiger partial charge >= 0.3 is 5.63 Å². The molecule has 1 aromatic carbocycles. The minimum absolute atomic E-state index is 0.0176. The second-order valence-electron chi connectivity index (χ2n) is 19.9. The summed E-state index contributed by atoms with van der Waals surface area (Å²) in [7, 11) is -7.15. The van der Waals surface area contributed by atoms with Gasteiger partial charge in [0.05, 0.1) is 6.61 Å². The molecule has 1 aliphatic rings. The summed E-state index contributed by atoms with van der Waals surface area (Å²) in [4.78, 5) is 30.4. The Morgan fingerprint density at radius 2 is 1.39 bits per heavy atom. The Morgan fingerprint density at radius 3 is 1.95 bits per heavy atom. The number of hydrogen-bond acceptors (Lipinski definition) is 11. The molecule has 4 aromatic rings. The number of rotatable bonds is 12. The van der Waals surface area contributed by atoms with Crippen LogP contribution in [0.3, 0.4) is 0 Å². The minimum atomic E-state index is -2.50. The number of aromatic nitrogens is 4. The number of anilines is 2. The number of nitrogens with zero attached hydrogens (tertiary/aromatic N) is 5. The van der Waals surface area contributed by atoms with Crippen molar-refractivity contribution in [3.8, 4) is 11.4 Å². The van der Waals surface area contributed by atoms with Crippen LogP contribution in [0, 0.1) is 0 Å². The average Bonchev–Trinajstić information content (AvgIpc) is 3.60. The fourth-order valence-corrected chi connectivity index (χ4v) is 9.88. The Hall–Kier alpha value is -2.93. The summed E-state index contributed by atoms with van der Waals surface area (Å²) in [5.41, 5.74) is 8.47. The molecule has 12 nitrogen and oxygen atoms in total. The largest absolute Gasteiger partial charge is 0.422 e. The van der Waals surface area contributed by atoms with Crippen LogP contribution >= 0.6 is 0 Å². The Labute approximate surface area is 337 Å². The van der Waals surface area contributed by atoms with E-state index in [9.17, 15) is 4.79 Å². The van der Waals surface area contributed by atoms with E-state index in [-0.39, 0.29) is 26.5 Å². The van der Waals surface area contributed by atoms with Gasteiger partial charge in [-0.15, -0.1) is 0 Å². The molecule has 0 aliphatic carbocycles. The van der Waals surface area contributed by atoms with Gasteiger partial charge in [-0.3, -0.25) is 4.57 Å². The zero-order valence-corrected chi connectivity index (χ0v) is 40.1. The van der Waals surface area contributed by atoms with Crippen molar-refractivity contribution in [2.24, 2.45) is 0 Å². The summed E-state index contributed by atoms with van der Waals surface area (Å²) in [6, 6.07) is 7.77. The van der Waals surface area contributed by atoms with Crippen LogP contribution in [0.5, 0.6) is 0 Å². The molecule has 0 spiro atoms. The molecule has 5 rings (SSSR count). The number of hydrogen-bond donors (Lipinski definition) is 1. The summed E-state index contributed by atoms with van der Waals surface area (Å²) < 4.78 is 37.0.